The predicted octanol–water partition coefficient (Wildman–Crippen LogP) is 1.55. The molecule has 1 amide bonds. The van der Waals surface area contributed by atoms with Crippen molar-refractivity contribution in [1.29, 1.82) is 0 Å². The Morgan fingerprint density at radius 3 is 3.06 bits per heavy atom. The summed E-state index contributed by atoms with van der Waals surface area (Å²) in [6.07, 6.45) is 0.622. The molecule has 1 aromatic carbocycles. The molecule has 2 aromatic rings. The number of nitrogens with zero attached hydrogens (tertiary/aromatic N) is 1. The van der Waals surface area contributed by atoms with Crippen LogP contribution in [0.25, 0.3) is 11.0 Å². The first-order chi connectivity index (χ1) is 8.10. The Balaban J connectivity index is 2.22. The summed E-state index contributed by atoms with van der Waals surface area (Å²) in [6.45, 7) is 3.77. The number of amides is 1. The third kappa shape index (κ3) is 2.45. The van der Waals surface area contributed by atoms with Crippen molar-refractivity contribution in [3.63, 3.8) is 0 Å². The topological polar surface area (TPSA) is 83.8 Å². The molecule has 0 radical (unpaired) electrons. The van der Waals surface area contributed by atoms with Gasteiger partial charge in [0.15, 0.2) is 0 Å². The number of nitrogens with two attached hydrogens (primary N) is 1. The summed E-state index contributed by atoms with van der Waals surface area (Å²) in [5.74, 6) is 0.692. The zero-order chi connectivity index (χ0) is 12.4. The molecule has 90 valence electrons. The van der Waals surface area contributed by atoms with Gasteiger partial charge in [-0.3, -0.25) is 4.79 Å². The zero-order valence-electron chi connectivity index (χ0n) is 9.95. The maximum atomic E-state index is 11.6. The molecular formula is C12H16N4O. The molecule has 1 aromatic heterocycles. The van der Waals surface area contributed by atoms with Crippen molar-refractivity contribution in [2.75, 3.05) is 5.32 Å². The van der Waals surface area contributed by atoms with Crippen LogP contribution in [0, 0.1) is 6.92 Å². The van der Waals surface area contributed by atoms with Crippen LogP contribution in [0.15, 0.2) is 18.2 Å². The Morgan fingerprint density at radius 2 is 2.35 bits per heavy atom. The first kappa shape index (κ1) is 11.6. The average molecular weight is 232 g/mol. The van der Waals surface area contributed by atoms with Gasteiger partial charge in [-0.1, -0.05) is 6.92 Å². The summed E-state index contributed by atoms with van der Waals surface area (Å²) < 4.78 is 0. The normalized spacial score (nSPS) is 12.6. The molecule has 1 atom stereocenters. The lowest BCUT2D eigenvalue weighted by atomic mass is 10.2. The van der Waals surface area contributed by atoms with Gasteiger partial charge in [0.2, 0.25) is 5.91 Å². The third-order valence-corrected chi connectivity index (χ3v) is 2.64. The maximum Gasteiger partial charge on any atom is 0.241 e. The number of anilines is 1. The number of rotatable bonds is 3. The molecule has 0 bridgehead atoms. The summed E-state index contributed by atoms with van der Waals surface area (Å²) in [7, 11) is 0. The smallest absolute Gasteiger partial charge is 0.241 e. The maximum absolute atomic E-state index is 11.6. The first-order valence-electron chi connectivity index (χ1n) is 5.63. The molecule has 0 aliphatic carbocycles. The summed E-state index contributed by atoms with van der Waals surface area (Å²) in [4.78, 5) is 19.0. The average Bonchev–Trinajstić information content (AvgIpc) is 2.67. The summed E-state index contributed by atoms with van der Waals surface area (Å²) in [6, 6.07) is 5.08. The quantitative estimate of drug-likeness (QED) is 0.750. The number of hydrogen-bond acceptors (Lipinski definition) is 3. The van der Waals surface area contributed by atoms with E-state index < -0.39 is 6.04 Å². The summed E-state index contributed by atoms with van der Waals surface area (Å²) in [5.41, 5.74) is 8.18. The number of H-pyrrole nitrogens is 1. The highest BCUT2D eigenvalue weighted by molar-refractivity contribution is 5.96. The minimum atomic E-state index is -0.464. The third-order valence-electron chi connectivity index (χ3n) is 2.64. The second kappa shape index (κ2) is 4.55. The SMILES string of the molecule is CCC(N)C(=O)Nc1ccc2nc(C)[nH]c2c1. The van der Waals surface area contributed by atoms with E-state index in [0.29, 0.717) is 6.42 Å². The molecule has 0 fully saturated rings. The number of aryl methyl sites for hydroxylation is 1. The standard InChI is InChI=1S/C12H16N4O/c1-3-9(13)12(17)16-8-4-5-10-11(6-8)15-7(2)14-10/h4-6,9H,3,13H2,1-2H3,(H,14,15)(H,16,17). The lowest BCUT2D eigenvalue weighted by molar-refractivity contribution is -0.117. The van der Waals surface area contributed by atoms with E-state index >= 15 is 0 Å². The summed E-state index contributed by atoms with van der Waals surface area (Å²) in [5, 5.41) is 2.78. The Kier molecular flexibility index (Phi) is 3.10. The number of nitrogens with one attached hydrogen (secondary N) is 2. The number of carbonyl (C=O) groups excluding carboxylic acids is 1. The molecule has 0 spiro atoms. The monoisotopic (exact) mass is 232 g/mol. The number of aromatic nitrogens is 2. The van der Waals surface area contributed by atoms with E-state index in [0.717, 1.165) is 22.5 Å². The van der Waals surface area contributed by atoms with Gasteiger partial charge in [-0.15, -0.1) is 0 Å². The zero-order valence-corrected chi connectivity index (χ0v) is 9.95. The van der Waals surface area contributed by atoms with Crippen LogP contribution in [-0.4, -0.2) is 21.9 Å². The minimum Gasteiger partial charge on any atom is -0.342 e. The predicted molar refractivity (Wildman–Crippen MR) is 67.7 cm³/mol. The second-order valence-electron chi connectivity index (χ2n) is 4.06. The molecular weight excluding hydrogens is 216 g/mol. The Hall–Kier alpha value is -1.88. The number of benzene rings is 1. The molecule has 0 saturated heterocycles. The van der Waals surface area contributed by atoms with Gasteiger partial charge in [0.1, 0.15) is 5.82 Å². The van der Waals surface area contributed by atoms with E-state index in [1.807, 2.05) is 32.0 Å². The van der Waals surface area contributed by atoms with Crippen LogP contribution in [0.2, 0.25) is 0 Å². The number of aromatic amines is 1. The van der Waals surface area contributed by atoms with Crippen molar-refractivity contribution < 1.29 is 4.79 Å². The van der Waals surface area contributed by atoms with E-state index in [1.54, 1.807) is 0 Å². The van der Waals surface area contributed by atoms with Gasteiger partial charge in [-0.05, 0) is 31.5 Å². The highest BCUT2D eigenvalue weighted by Gasteiger charge is 2.11. The lowest BCUT2D eigenvalue weighted by Gasteiger charge is -2.09. The molecule has 0 aliphatic rings. The highest BCUT2D eigenvalue weighted by Crippen LogP contribution is 2.17. The second-order valence-corrected chi connectivity index (χ2v) is 4.06. The Labute approximate surface area is 99.4 Å². The highest BCUT2D eigenvalue weighted by atomic mass is 16.2. The van der Waals surface area contributed by atoms with Gasteiger partial charge in [0.05, 0.1) is 17.1 Å². The van der Waals surface area contributed by atoms with Crippen LogP contribution in [0.3, 0.4) is 0 Å². The Bertz CT molecular complexity index is 546. The van der Waals surface area contributed by atoms with E-state index in [9.17, 15) is 4.79 Å². The molecule has 1 unspecified atom stereocenters. The first-order valence-corrected chi connectivity index (χ1v) is 5.63. The number of imidazole rings is 1. The Morgan fingerprint density at radius 1 is 1.59 bits per heavy atom. The number of carbonyl (C=O) groups is 1. The fourth-order valence-electron chi connectivity index (χ4n) is 1.64. The van der Waals surface area contributed by atoms with Crippen molar-refractivity contribution in [3.8, 4) is 0 Å². The van der Waals surface area contributed by atoms with E-state index in [-0.39, 0.29) is 5.91 Å². The molecule has 5 heteroatoms. The van der Waals surface area contributed by atoms with Gasteiger partial charge in [-0.2, -0.15) is 0 Å². The van der Waals surface area contributed by atoms with Crippen LogP contribution < -0.4 is 11.1 Å². The van der Waals surface area contributed by atoms with Crippen molar-refractivity contribution in [3.05, 3.63) is 24.0 Å². The van der Waals surface area contributed by atoms with Crippen LogP contribution in [0.5, 0.6) is 0 Å². The number of fused-ring (bicyclic) bond motifs is 1. The number of hydrogen-bond donors (Lipinski definition) is 3. The van der Waals surface area contributed by atoms with Gasteiger partial charge in [0.25, 0.3) is 0 Å². The molecule has 2 rings (SSSR count). The van der Waals surface area contributed by atoms with Gasteiger partial charge < -0.3 is 16.0 Å². The minimum absolute atomic E-state index is 0.164. The van der Waals surface area contributed by atoms with Gasteiger partial charge in [-0.25, -0.2) is 4.98 Å². The van der Waals surface area contributed by atoms with Crippen molar-refractivity contribution >= 4 is 22.6 Å². The van der Waals surface area contributed by atoms with Gasteiger partial charge >= 0.3 is 0 Å². The molecule has 17 heavy (non-hydrogen) atoms. The van der Waals surface area contributed by atoms with Gasteiger partial charge in [0, 0.05) is 5.69 Å². The molecule has 1 heterocycles. The fraction of sp³-hybridized carbons (Fsp3) is 0.333. The fourth-order valence-corrected chi connectivity index (χ4v) is 1.64. The largest absolute Gasteiger partial charge is 0.342 e. The van der Waals surface area contributed by atoms with E-state index in [1.165, 1.54) is 0 Å². The van der Waals surface area contributed by atoms with Crippen LogP contribution in [0.4, 0.5) is 5.69 Å². The van der Waals surface area contributed by atoms with E-state index in [4.69, 9.17) is 5.73 Å². The summed E-state index contributed by atoms with van der Waals surface area (Å²) >= 11 is 0. The van der Waals surface area contributed by atoms with Crippen LogP contribution in [-0.2, 0) is 4.79 Å². The van der Waals surface area contributed by atoms with Crippen LogP contribution in [0.1, 0.15) is 19.2 Å². The van der Waals surface area contributed by atoms with E-state index in [2.05, 4.69) is 15.3 Å². The molecule has 0 aliphatic heterocycles. The molecule has 4 N–H and O–H groups in total. The van der Waals surface area contributed by atoms with Crippen molar-refractivity contribution in [1.82, 2.24) is 9.97 Å². The lowest BCUT2D eigenvalue weighted by Crippen LogP contribution is -2.34. The van der Waals surface area contributed by atoms with Crippen LogP contribution >= 0.6 is 0 Å². The van der Waals surface area contributed by atoms with Crippen molar-refractivity contribution in [2.24, 2.45) is 5.73 Å². The molecule has 0 saturated carbocycles. The van der Waals surface area contributed by atoms with Crippen molar-refractivity contribution in [2.45, 2.75) is 26.3 Å². The molecule has 5 nitrogen and oxygen atoms in total.